The lowest BCUT2D eigenvalue weighted by Crippen LogP contribution is -2.28. The van der Waals surface area contributed by atoms with Gasteiger partial charge in [0.05, 0.1) is 5.92 Å². The van der Waals surface area contributed by atoms with Gasteiger partial charge in [-0.3, -0.25) is 0 Å². The van der Waals surface area contributed by atoms with Gasteiger partial charge in [0, 0.05) is 11.4 Å². The molecule has 17 heavy (non-hydrogen) atoms. The van der Waals surface area contributed by atoms with Crippen LogP contribution in [-0.4, -0.2) is 12.7 Å². The van der Waals surface area contributed by atoms with Gasteiger partial charge >= 0.3 is 6.18 Å². The lowest BCUT2D eigenvalue weighted by Gasteiger charge is -2.25. The number of fused-ring (bicyclic) bond motifs is 1. The SMILES string of the molecule is CCNCc1csc2c1CCC(C(F)(F)F)C2. The van der Waals surface area contributed by atoms with E-state index < -0.39 is 12.1 Å². The predicted octanol–water partition coefficient (Wildman–Crippen LogP) is 3.52. The molecule has 0 fully saturated rings. The Hall–Kier alpha value is -0.550. The smallest absolute Gasteiger partial charge is 0.313 e. The van der Waals surface area contributed by atoms with E-state index in [2.05, 4.69) is 5.32 Å². The van der Waals surface area contributed by atoms with E-state index in [1.54, 1.807) is 0 Å². The van der Waals surface area contributed by atoms with Gasteiger partial charge in [-0.1, -0.05) is 6.92 Å². The molecular weight excluding hydrogens is 247 g/mol. The highest BCUT2D eigenvalue weighted by molar-refractivity contribution is 7.10. The van der Waals surface area contributed by atoms with Crippen LogP contribution in [0, 0.1) is 5.92 Å². The summed E-state index contributed by atoms with van der Waals surface area (Å²) in [5.74, 6) is -1.14. The summed E-state index contributed by atoms with van der Waals surface area (Å²) in [5.41, 5.74) is 2.35. The van der Waals surface area contributed by atoms with Crippen LogP contribution in [0.5, 0.6) is 0 Å². The van der Waals surface area contributed by atoms with E-state index in [0.29, 0.717) is 6.42 Å². The normalized spacial score (nSPS) is 20.4. The third-order valence-electron chi connectivity index (χ3n) is 3.27. The molecule has 1 heterocycles. The standard InChI is InChI=1S/C12H16F3NS/c1-2-16-6-8-7-17-11-5-9(12(13,14)15)3-4-10(8)11/h7,9,16H,2-6H2,1H3. The Kier molecular flexibility index (Phi) is 3.78. The van der Waals surface area contributed by atoms with Crippen molar-refractivity contribution in [3.63, 3.8) is 0 Å². The molecule has 2 rings (SSSR count). The lowest BCUT2D eigenvalue weighted by molar-refractivity contribution is -0.176. The molecule has 0 saturated carbocycles. The molecule has 96 valence electrons. The van der Waals surface area contributed by atoms with Crippen LogP contribution in [0.1, 0.15) is 29.3 Å². The van der Waals surface area contributed by atoms with Crippen molar-refractivity contribution in [2.45, 2.75) is 38.9 Å². The summed E-state index contributed by atoms with van der Waals surface area (Å²) in [6.07, 6.45) is -3.05. The molecule has 0 spiro atoms. The summed E-state index contributed by atoms with van der Waals surface area (Å²) in [6, 6.07) is 0. The van der Waals surface area contributed by atoms with Crippen molar-refractivity contribution in [3.05, 3.63) is 21.4 Å². The first-order chi connectivity index (χ1) is 8.02. The minimum atomic E-state index is -4.04. The summed E-state index contributed by atoms with van der Waals surface area (Å²) < 4.78 is 37.9. The molecule has 1 aliphatic carbocycles. The molecule has 1 nitrogen and oxygen atoms in total. The van der Waals surface area contributed by atoms with E-state index in [-0.39, 0.29) is 12.8 Å². The average Bonchev–Trinajstić information content (AvgIpc) is 2.67. The Morgan fingerprint density at radius 2 is 2.24 bits per heavy atom. The van der Waals surface area contributed by atoms with Gasteiger partial charge in [-0.05, 0) is 42.3 Å². The second kappa shape index (κ2) is 4.98. The van der Waals surface area contributed by atoms with Gasteiger partial charge in [0.15, 0.2) is 0 Å². The number of hydrogen-bond acceptors (Lipinski definition) is 2. The molecular formula is C12H16F3NS. The van der Waals surface area contributed by atoms with E-state index >= 15 is 0 Å². The molecule has 0 amide bonds. The van der Waals surface area contributed by atoms with E-state index in [4.69, 9.17) is 0 Å². The van der Waals surface area contributed by atoms with Crippen molar-refractivity contribution in [1.29, 1.82) is 0 Å². The number of hydrogen-bond donors (Lipinski definition) is 1. The molecule has 0 bridgehead atoms. The summed E-state index contributed by atoms with van der Waals surface area (Å²) in [5, 5.41) is 5.23. The third kappa shape index (κ3) is 2.83. The maximum Gasteiger partial charge on any atom is 0.392 e. The minimum Gasteiger partial charge on any atom is -0.313 e. The van der Waals surface area contributed by atoms with Gasteiger partial charge in [-0.25, -0.2) is 0 Å². The van der Waals surface area contributed by atoms with Gasteiger partial charge in [-0.15, -0.1) is 11.3 Å². The largest absolute Gasteiger partial charge is 0.392 e. The fraction of sp³-hybridized carbons (Fsp3) is 0.667. The maximum atomic E-state index is 12.6. The summed E-state index contributed by atoms with van der Waals surface area (Å²) in [6.45, 7) is 3.69. The maximum absolute atomic E-state index is 12.6. The van der Waals surface area contributed by atoms with Gasteiger partial charge in [0.1, 0.15) is 0 Å². The first-order valence-corrected chi connectivity index (χ1v) is 6.76. The monoisotopic (exact) mass is 263 g/mol. The summed E-state index contributed by atoms with van der Waals surface area (Å²) in [4.78, 5) is 0.937. The number of halogens is 3. The molecule has 1 aromatic heterocycles. The second-order valence-corrected chi connectivity index (χ2v) is 5.39. The summed E-state index contributed by atoms with van der Waals surface area (Å²) in [7, 11) is 0. The van der Waals surface area contributed by atoms with Crippen molar-refractivity contribution in [3.8, 4) is 0 Å². The van der Waals surface area contributed by atoms with Crippen LogP contribution in [0.4, 0.5) is 13.2 Å². The first-order valence-electron chi connectivity index (χ1n) is 5.88. The zero-order valence-electron chi connectivity index (χ0n) is 9.73. The zero-order chi connectivity index (χ0) is 12.5. The number of thiophene rings is 1. The van der Waals surface area contributed by atoms with Crippen molar-refractivity contribution in [1.82, 2.24) is 5.32 Å². The fourth-order valence-corrected chi connectivity index (χ4v) is 3.45. The number of rotatable bonds is 3. The predicted molar refractivity (Wildman–Crippen MR) is 63.3 cm³/mol. The van der Waals surface area contributed by atoms with E-state index in [1.807, 2.05) is 12.3 Å². The van der Waals surface area contributed by atoms with Gasteiger partial charge in [-0.2, -0.15) is 13.2 Å². The first kappa shape index (κ1) is 12.9. The third-order valence-corrected chi connectivity index (χ3v) is 4.37. The highest BCUT2D eigenvalue weighted by atomic mass is 32.1. The van der Waals surface area contributed by atoms with Crippen LogP contribution in [0.2, 0.25) is 0 Å². The summed E-state index contributed by atoms with van der Waals surface area (Å²) >= 11 is 1.48. The van der Waals surface area contributed by atoms with E-state index in [0.717, 1.165) is 23.5 Å². The molecule has 0 aromatic carbocycles. The second-order valence-electron chi connectivity index (χ2n) is 4.42. The highest BCUT2D eigenvalue weighted by Crippen LogP contribution is 2.40. The molecule has 1 unspecified atom stereocenters. The Morgan fingerprint density at radius 3 is 2.88 bits per heavy atom. The van der Waals surface area contributed by atoms with Crippen LogP contribution in [0.25, 0.3) is 0 Å². The van der Waals surface area contributed by atoms with Gasteiger partial charge < -0.3 is 5.32 Å². The van der Waals surface area contributed by atoms with Crippen molar-refractivity contribution in [2.24, 2.45) is 5.92 Å². The molecule has 1 N–H and O–H groups in total. The minimum absolute atomic E-state index is 0.176. The van der Waals surface area contributed by atoms with Crippen molar-refractivity contribution < 1.29 is 13.2 Å². The van der Waals surface area contributed by atoms with E-state index in [9.17, 15) is 13.2 Å². The van der Waals surface area contributed by atoms with Gasteiger partial charge in [0.25, 0.3) is 0 Å². The highest BCUT2D eigenvalue weighted by Gasteiger charge is 2.41. The molecule has 0 saturated heterocycles. The average molecular weight is 263 g/mol. The van der Waals surface area contributed by atoms with Crippen LogP contribution in [0.3, 0.4) is 0 Å². The lowest BCUT2D eigenvalue weighted by atomic mass is 9.87. The molecule has 1 aliphatic rings. The van der Waals surface area contributed by atoms with Crippen LogP contribution < -0.4 is 5.32 Å². The van der Waals surface area contributed by atoms with Crippen molar-refractivity contribution >= 4 is 11.3 Å². The Bertz CT molecular complexity index is 384. The number of nitrogens with one attached hydrogen (secondary N) is 1. The molecule has 0 radical (unpaired) electrons. The molecule has 1 aromatic rings. The number of alkyl halides is 3. The van der Waals surface area contributed by atoms with Crippen LogP contribution in [-0.2, 0) is 19.4 Å². The Labute approximate surface area is 103 Å². The molecule has 1 atom stereocenters. The molecule has 0 aliphatic heterocycles. The quantitative estimate of drug-likeness (QED) is 0.879. The Balaban J connectivity index is 2.10. The van der Waals surface area contributed by atoms with Crippen LogP contribution >= 0.6 is 11.3 Å². The van der Waals surface area contributed by atoms with Gasteiger partial charge in [0.2, 0.25) is 0 Å². The fourth-order valence-electron chi connectivity index (χ4n) is 2.27. The topological polar surface area (TPSA) is 12.0 Å². The van der Waals surface area contributed by atoms with E-state index in [1.165, 1.54) is 16.9 Å². The molecule has 5 heteroatoms. The zero-order valence-corrected chi connectivity index (χ0v) is 10.5. The van der Waals surface area contributed by atoms with Crippen LogP contribution in [0.15, 0.2) is 5.38 Å². The van der Waals surface area contributed by atoms with Crippen molar-refractivity contribution in [2.75, 3.05) is 6.54 Å². The Morgan fingerprint density at radius 1 is 1.47 bits per heavy atom.